The molecule has 0 aliphatic heterocycles. The van der Waals surface area contributed by atoms with Crippen LogP contribution < -0.4 is 9.44 Å². The normalized spacial score (nSPS) is 15.1. The highest BCUT2D eigenvalue weighted by molar-refractivity contribution is 7.91. The van der Waals surface area contributed by atoms with Gasteiger partial charge in [-0.1, -0.05) is 60.7 Å². The van der Waals surface area contributed by atoms with Gasteiger partial charge in [-0.2, -0.15) is 0 Å². The van der Waals surface area contributed by atoms with Crippen LogP contribution in [0, 0.1) is 0 Å². The smallest absolute Gasteiger partial charge is 0.212 e. The lowest BCUT2D eigenvalue weighted by Gasteiger charge is -2.29. The second-order valence-corrected chi connectivity index (χ2v) is 15.8. The van der Waals surface area contributed by atoms with E-state index in [4.69, 9.17) is 0 Å². The highest BCUT2D eigenvalue weighted by Gasteiger charge is 2.33. The third-order valence-electron chi connectivity index (χ3n) is 5.77. The molecular weight excluding hydrogens is 468 g/mol. The van der Waals surface area contributed by atoms with Crippen LogP contribution in [0.2, 0.25) is 0 Å². The van der Waals surface area contributed by atoms with E-state index in [1.54, 1.807) is 41.5 Å². The lowest BCUT2D eigenvalue weighted by atomic mass is 9.97. The van der Waals surface area contributed by atoms with Crippen molar-refractivity contribution in [1.82, 2.24) is 9.44 Å². The molecule has 0 unspecified atom stereocenters. The number of nitrogens with one attached hydrogen (secondary N) is 2. The molecule has 0 saturated carbocycles. The summed E-state index contributed by atoms with van der Waals surface area (Å²) >= 11 is 0. The van der Waals surface area contributed by atoms with Gasteiger partial charge in [0.15, 0.2) is 0 Å². The average molecular weight is 509 g/mol. The zero-order valence-corrected chi connectivity index (χ0v) is 22.8. The van der Waals surface area contributed by atoms with Crippen LogP contribution in [-0.4, -0.2) is 38.4 Å². The van der Waals surface area contributed by atoms with Gasteiger partial charge in [0.2, 0.25) is 20.0 Å². The molecule has 0 aromatic heterocycles. The van der Waals surface area contributed by atoms with Crippen molar-refractivity contribution in [3.05, 3.63) is 71.8 Å². The van der Waals surface area contributed by atoms with Gasteiger partial charge in [0.05, 0.1) is 9.49 Å². The largest absolute Gasteiger partial charge is 0.216 e. The highest BCUT2D eigenvalue weighted by Crippen LogP contribution is 2.20. The molecule has 0 heterocycles. The first-order valence-electron chi connectivity index (χ1n) is 11.7. The Morgan fingerprint density at radius 2 is 0.882 bits per heavy atom. The minimum atomic E-state index is -3.57. The molecule has 2 N–H and O–H groups in total. The standard InChI is InChI=1S/C26H40N2O4S2/c1-25(2,3)33(29,30)27-23(19-21-13-9-7-10-14-21)17-18-24(20-22-15-11-8-12-16-22)28-34(31,32)26(4,5)6/h7-16,23-24,27-28H,17-20H2,1-6H3/t23-,24-/m0/s1. The highest BCUT2D eigenvalue weighted by atomic mass is 32.2. The van der Waals surface area contributed by atoms with E-state index < -0.39 is 29.5 Å². The Hall–Kier alpha value is -1.74. The minimum absolute atomic E-state index is 0.357. The molecule has 0 amide bonds. The van der Waals surface area contributed by atoms with E-state index >= 15 is 0 Å². The van der Waals surface area contributed by atoms with Gasteiger partial charge >= 0.3 is 0 Å². The predicted molar refractivity (Wildman–Crippen MR) is 141 cm³/mol. The van der Waals surface area contributed by atoms with Gasteiger partial charge in [-0.25, -0.2) is 26.3 Å². The Morgan fingerprint density at radius 3 is 1.15 bits per heavy atom. The van der Waals surface area contributed by atoms with Crippen molar-refractivity contribution in [2.45, 2.75) is 88.8 Å². The molecule has 2 aromatic carbocycles. The van der Waals surface area contributed by atoms with Gasteiger partial charge in [-0.05, 0) is 78.4 Å². The lowest BCUT2D eigenvalue weighted by molar-refractivity contribution is 0.446. The predicted octanol–water partition coefficient (Wildman–Crippen LogP) is 4.43. The van der Waals surface area contributed by atoms with Crippen LogP contribution in [0.3, 0.4) is 0 Å². The van der Waals surface area contributed by atoms with Crippen molar-refractivity contribution in [3.8, 4) is 0 Å². The van der Waals surface area contributed by atoms with E-state index in [0.717, 1.165) is 11.1 Å². The second-order valence-electron chi connectivity index (χ2n) is 10.8. The van der Waals surface area contributed by atoms with Gasteiger partial charge in [-0.3, -0.25) is 0 Å². The van der Waals surface area contributed by atoms with Crippen molar-refractivity contribution < 1.29 is 16.8 Å². The quantitative estimate of drug-likeness (QED) is 0.470. The first kappa shape index (κ1) is 28.5. The Balaban J connectivity index is 2.27. The summed E-state index contributed by atoms with van der Waals surface area (Å²) in [6.45, 7) is 10.0. The molecule has 190 valence electrons. The van der Waals surface area contributed by atoms with Crippen LogP contribution in [0.5, 0.6) is 0 Å². The maximum absolute atomic E-state index is 12.9. The first-order valence-corrected chi connectivity index (χ1v) is 14.7. The van der Waals surface area contributed by atoms with Crippen LogP contribution in [-0.2, 0) is 32.9 Å². The molecule has 0 radical (unpaired) electrons. The molecule has 0 saturated heterocycles. The maximum atomic E-state index is 12.9. The van der Waals surface area contributed by atoms with Gasteiger partial charge in [-0.15, -0.1) is 0 Å². The number of sulfonamides is 2. The molecule has 0 spiro atoms. The zero-order chi connectivity index (χ0) is 25.6. The maximum Gasteiger partial charge on any atom is 0.216 e. The molecule has 8 heteroatoms. The van der Waals surface area contributed by atoms with E-state index in [1.807, 2.05) is 60.7 Å². The molecule has 2 rings (SSSR count). The Bertz CT molecular complexity index is 1010. The number of hydrogen-bond donors (Lipinski definition) is 2. The third kappa shape index (κ3) is 8.48. The summed E-state index contributed by atoms with van der Waals surface area (Å²) in [7, 11) is -7.14. The molecule has 0 fully saturated rings. The van der Waals surface area contributed by atoms with E-state index in [0.29, 0.717) is 25.7 Å². The minimum Gasteiger partial charge on any atom is -0.212 e. The van der Waals surface area contributed by atoms with Crippen molar-refractivity contribution in [3.63, 3.8) is 0 Å². The van der Waals surface area contributed by atoms with E-state index in [9.17, 15) is 16.8 Å². The fraction of sp³-hybridized carbons (Fsp3) is 0.538. The topological polar surface area (TPSA) is 92.3 Å². The van der Waals surface area contributed by atoms with Crippen molar-refractivity contribution in [1.29, 1.82) is 0 Å². The van der Waals surface area contributed by atoms with Gasteiger partial charge < -0.3 is 0 Å². The van der Waals surface area contributed by atoms with E-state index in [-0.39, 0.29) is 12.1 Å². The summed E-state index contributed by atoms with van der Waals surface area (Å²) in [6.07, 6.45) is 2.04. The number of benzene rings is 2. The second kappa shape index (κ2) is 11.3. The van der Waals surface area contributed by atoms with Gasteiger partial charge in [0, 0.05) is 12.1 Å². The van der Waals surface area contributed by atoms with Crippen molar-refractivity contribution in [2.75, 3.05) is 0 Å². The van der Waals surface area contributed by atoms with Crippen molar-refractivity contribution in [2.24, 2.45) is 0 Å². The van der Waals surface area contributed by atoms with E-state index in [1.165, 1.54) is 0 Å². The SMILES string of the molecule is CC(C)(C)S(=O)(=O)N[C@@H](CC[C@@H](Cc1ccccc1)NS(=O)(=O)C(C)(C)C)Cc1ccccc1. The summed E-state index contributed by atoms with van der Waals surface area (Å²) in [4.78, 5) is 0. The third-order valence-corrected chi connectivity index (χ3v) is 10.3. The van der Waals surface area contributed by atoms with Crippen LogP contribution in [0.15, 0.2) is 60.7 Å². The van der Waals surface area contributed by atoms with E-state index in [2.05, 4.69) is 9.44 Å². The molecule has 34 heavy (non-hydrogen) atoms. The fourth-order valence-electron chi connectivity index (χ4n) is 3.40. The fourth-order valence-corrected chi connectivity index (χ4v) is 5.38. The summed E-state index contributed by atoms with van der Waals surface area (Å²) in [5.74, 6) is 0. The zero-order valence-electron chi connectivity index (χ0n) is 21.2. The Morgan fingerprint density at radius 1 is 0.588 bits per heavy atom. The van der Waals surface area contributed by atoms with Crippen LogP contribution in [0.1, 0.15) is 65.5 Å². The summed E-state index contributed by atoms with van der Waals surface area (Å²) in [6, 6.07) is 18.8. The summed E-state index contributed by atoms with van der Waals surface area (Å²) < 4.78 is 55.6. The van der Waals surface area contributed by atoms with Gasteiger partial charge in [0.25, 0.3) is 0 Å². The monoisotopic (exact) mass is 508 g/mol. The molecular formula is C26H40N2O4S2. The van der Waals surface area contributed by atoms with Crippen LogP contribution >= 0.6 is 0 Å². The number of hydrogen-bond acceptors (Lipinski definition) is 4. The number of rotatable bonds is 11. The molecule has 0 aliphatic rings. The van der Waals surface area contributed by atoms with Crippen LogP contribution in [0.25, 0.3) is 0 Å². The van der Waals surface area contributed by atoms with Gasteiger partial charge in [0.1, 0.15) is 0 Å². The lowest BCUT2D eigenvalue weighted by Crippen LogP contribution is -2.48. The molecule has 2 atom stereocenters. The summed E-state index contributed by atoms with van der Waals surface area (Å²) in [5, 5.41) is 0. The molecule has 6 nitrogen and oxygen atoms in total. The summed E-state index contributed by atoms with van der Waals surface area (Å²) in [5.41, 5.74) is 2.05. The first-order chi connectivity index (χ1) is 15.6. The molecule has 0 bridgehead atoms. The average Bonchev–Trinajstić information content (AvgIpc) is 2.71. The Labute approximate surface area is 206 Å². The molecule has 2 aromatic rings. The van der Waals surface area contributed by atoms with Crippen LogP contribution in [0.4, 0.5) is 0 Å². The molecule has 0 aliphatic carbocycles. The van der Waals surface area contributed by atoms with Crippen molar-refractivity contribution >= 4 is 20.0 Å². The Kier molecular flexibility index (Phi) is 9.50.